The number of methoxy groups -OCH3 is 3. The van der Waals surface area contributed by atoms with Gasteiger partial charge in [0.05, 0.1) is 27.4 Å². The first-order valence-electron chi connectivity index (χ1n) is 7.36. The van der Waals surface area contributed by atoms with Crippen molar-refractivity contribution >= 4 is 0 Å². The minimum absolute atomic E-state index is 0.0817. The van der Waals surface area contributed by atoms with Crippen LogP contribution < -0.4 is 14.2 Å². The lowest BCUT2D eigenvalue weighted by Gasteiger charge is -2.18. The topological polar surface area (TPSA) is 69.8 Å². The van der Waals surface area contributed by atoms with Crippen molar-refractivity contribution in [3.63, 3.8) is 0 Å². The molecule has 1 aromatic heterocycles. The SMILES string of the molecule is CCC(c1nc(-c2cc(OC)c(OC)c(OC)c2)no1)N(C)C. The van der Waals surface area contributed by atoms with E-state index in [4.69, 9.17) is 18.7 Å². The van der Waals surface area contributed by atoms with E-state index in [0.29, 0.717) is 29.0 Å². The highest BCUT2D eigenvalue weighted by molar-refractivity contribution is 5.66. The molecule has 0 N–H and O–H groups in total. The van der Waals surface area contributed by atoms with E-state index in [1.165, 1.54) is 0 Å². The van der Waals surface area contributed by atoms with Gasteiger partial charge >= 0.3 is 0 Å². The Morgan fingerprint density at radius 1 is 1.09 bits per heavy atom. The quantitative estimate of drug-likeness (QED) is 0.776. The van der Waals surface area contributed by atoms with Crippen LogP contribution in [0.4, 0.5) is 0 Å². The molecule has 1 heterocycles. The van der Waals surface area contributed by atoms with Gasteiger partial charge < -0.3 is 18.7 Å². The van der Waals surface area contributed by atoms with Crippen molar-refractivity contribution in [3.8, 4) is 28.6 Å². The van der Waals surface area contributed by atoms with Crippen molar-refractivity contribution in [1.29, 1.82) is 0 Å². The van der Waals surface area contributed by atoms with Gasteiger partial charge in [0.25, 0.3) is 0 Å². The van der Waals surface area contributed by atoms with Crippen LogP contribution >= 0.6 is 0 Å². The fourth-order valence-electron chi connectivity index (χ4n) is 2.46. The number of benzene rings is 1. The smallest absolute Gasteiger partial charge is 0.244 e. The maximum Gasteiger partial charge on any atom is 0.244 e. The molecule has 1 atom stereocenters. The normalized spacial score (nSPS) is 12.3. The zero-order chi connectivity index (χ0) is 17.0. The van der Waals surface area contributed by atoms with E-state index in [1.54, 1.807) is 33.5 Å². The second-order valence-electron chi connectivity index (χ2n) is 5.26. The molecular weight excluding hydrogens is 298 g/mol. The molecule has 0 spiro atoms. The van der Waals surface area contributed by atoms with E-state index >= 15 is 0 Å². The van der Waals surface area contributed by atoms with Crippen molar-refractivity contribution < 1.29 is 18.7 Å². The van der Waals surface area contributed by atoms with E-state index in [1.807, 2.05) is 19.0 Å². The number of hydrogen-bond donors (Lipinski definition) is 0. The van der Waals surface area contributed by atoms with Gasteiger partial charge in [0, 0.05) is 5.56 Å². The van der Waals surface area contributed by atoms with Gasteiger partial charge in [-0.05, 0) is 32.6 Å². The van der Waals surface area contributed by atoms with Crippen LogP contribution in [0.25, 0.3) is 11.4 Å². The summed E-state index contributed by atoms with van der Waals surface area (Å²) in [7, 11) is 8.67. The van der Waals surface area contributed by atoms with Crippen molar-refractivity contribution in [2.75, 3.05) is 35.4 Å². The fraction of sp³-hybridized carbons (Fsp3) is 0.500. The lowest BCUT2D eigenvalue weighted by Crippen LogP contribution is -2.19. The summed E-state index contributed by atoms with van der Waals surface area (Å²) in [6.07, 6.45) is 0.879. The zero-order valence-electron chi connectivity index (χ0n) is 14.4. The fourth-order valence-corrected chi connectivity index (χ4v) is 2.46. The van der Waals surface area contributed by atoms with Crippen molar-refractivity contribution in [2.24, 2.45) is 0 Å². The van der Waals surface area contributed by atoms with E-state index < -0.39 is 0 Å². The maximum atomic E-state index is 5.42. The van der Waals surface area contributed by atoms with Gasteiger partial charge in [-0.1, -0.05) is 12.1 Å². The van der Waals surface area contributed by atoms with Crippen LogP contribution in [0.15, 0.2) is 16.7 Å². The van der Waals surface area contributed by atoms with E-state index in [-0.39, 0.29) is 6.04 Å². The summed E-state index contributed by atoms with van der Waals surface area (Å²) < 4.78 is 21.5. The number of nitrogens with zero attached hydrogens (tertiary/aromatic N) is 3. The minimum Gasteiger partial charge on any atom is -0.493 e. The van der Waals surface area contributed by atoms with Gasteiger partial charge in [-0.3, -0.25) is 4.90 Å². The van der Waals surface area contributed by atoms with Crippen LogP contribution in [-0.4, -0.2) is 50.5 Å². The highest BCUT2D eigenvalue weighted by atomic mass is 16.5. The molecule has 7 nitrogen and oxygen atoms in total. The molecule has 1 aromatic carbocycles. The largest absolute Gasteiger partial charge is 0.493 e. The first-order chi connectivity index (χ1) is 11.0. The van der Waals surface area contributed by atoms with Crippen molar-refractivity contribution in [2.45, 2.75) is 19.4 Å². The van der Waals surface area contributed by atoms with Crippen LogP contribution in [0.5, 0.6) is 17.2 Å². The molecule has 0 saturated heterocycles. The predicted molar refractivity (Wildman–Crippen MR) is 86.1 cm³/mol. The highest BCUT2D eigenvalue weighted by Gasteiger charge is 2.21. The van der Waals surface area contributed by atoms with Crippen LogP contribution in [0.1, 0.15) is 25.3 Å². The molecule has 23 heavy (non-hydrogen) atoms. The number of aromatic nitrogens is 2. The Morgan fingerprint density at radius 2 is 1.70 bits per heavy atom. The third-order valence-electron chi connectivity index (χ3n) is 3.66. The number of rotatable bonds is 7. The van der Waals surface area contributed by atoms with Gasteiger partial charge in [0.15, 0.2) is 11.5 Å². The molecule has 0 aliphatic carbocycles. The maximum absolute atomic E-state index is 5.42. The summed E-state index contributed by atoms with van der Waals surface area (Å²) >= 11 is 0. The Bertz CT molecular complexity index is 630. The summed E-state index contributed by atoms with van der Waals surface area (Å²) in [5, 5.41) is 4.08. The second-order valence-corrected chi connectivity index (χ2v) is 5.26. The molecule has 2 rings (SSSR count). The van der Waals surface area contributed by atoms with Gasteiger partial charge in [-0.25, -0.2) is 0 Å². The van der Waals surface area contributed by atoms with Gasteiger partial charge in [0.2, 0.25) is 17.5 Å². The van der Waals surface area contributed by atoms with Gasteiger partial charge in [-0.15, -0.1) is 0 Å². The predicted octanol–water partition coefficient (Wildman–Crippen LogP) is 2.78. The first-order valence-corrected chi connectivity index (χ1v) is 7.36. The van der Waals surface area contributed by atoms with Crippen LogP contribution in [0.3, 0.4) is 0 Å². The standard InChI is InChI=1S/C16H23N3O4/c1-7-11(19(2)3)16-17-15(18-23-16)10-8-12(20-4)14(22-6)13(9-10)21-5/h8-9,11H,7H2,1-6H3. The first kappa shape index (κ1) is 17.1. The third kappa shape index (κ3) is 3.39. The molecule has 0 fully saturated rings. The molecule has 1 unspecified atom stereocenters. The average Bonchev–Trinajstić information content (AvgIpc) is 3.03. The summed E-state index contributed by atoms with van der Waals surface area (Å²) in [5.41, 5.74) is 0.739. The van der Waals surface area contributed by atoms with Gasteiger partial charge in [-0.2, -0.15) is 4.98 Å². The number of ether oxygens (including phenoxy) is 3. The molecule has 0 saturated carbocycles. The van der Waals surface area contributed by atoms with E-state index in [9.17, 15) is 0 Å². The molecule has 0 bridgehead atoms. The Balaban J connectivity index is 2.45. The van der Waals surface area contributed by atoms with Crippen LogP contribution in [-0.2, 0) is 0 Å². The average molecular weight is 321 g/mol. The summed E-state index contributed by atoms with van der Waals surface area (Å²) in [6, 6.07) is 3.68. The third-order valence-corrected chi connectivity index (χ3v) is 3.66. The van der Waals surface area contributed by atoms with Crippen LogP contribution in [0.2, 0.25) is 0 Å². The van der Waals surface area contributed by atoms with E-state index in [2.05, 4.69) is 17.1 Å². The molecule has 0 aliphatic rings. The Hall–Kier alpha value is -2.28. The monoisotopic (exact) mass is 321 g/mol. The van der Waals surface area contributed by atoms with Crippen molar-refractivity contribution in [3.05, 3.63) is 18.0 Å². The molecule has 2 aromatic rings. The molecule has 7 heteroatoms. The van der Waals surface area contributed by atoms with Gasteiger partial charge in [0.1, 0.15) is 0 Å². The molecule has 126 valence electrons. The Kier molecular flexibility index (Phi) is 5.44. The molecular formula is C16H23N3O4. The van der Waals surface area contributed by atoms with E-state index in [0.717, 1.165) is 12.0 Å². The second kappa shape index (κ2) is 7.32. The van der Waals surface area contributed by atoms with Crippen molar-refractivity contribution in [1.82, 2.24) is 15.0 Å². The van der Waals surface area contributed by atoms with Crippen LogP contribution in [0, 0.1) is 0 Å². The molecule has 0 radical (unpaired) electrons. The summed E-state index contributed by atoms with van der Waals surface area (Å²) in [6.45, 7) is 2.08. The lowest BCUT2D eigenvalue weighted by atomic mass is 10.1. The molecule has 0 aliphatic heterocycles. The lowest BCUT2D eigenvalue weighted by molar-refractivity contribution is 0.224. The summed E-state index contributed by atoms with van der Waals surface area (Å²) in [4.78, 5) is 6.56. The number of hydrogen-bond acceptors (Lipinski definition) is 7. The minimum atomic E-state index is 0.0817. The summed E-state index contributed by atoms with van der Waals surface area (Å²) in [5.74, 6) is 2.70. The highest BCUT2D eigenvalue weighted by Crippen LogP contribution is 2.40. The Labute approximate surface area is 136 Å². The Morgan fingerprint density at radius 3 is 2.13 bits per heavy atom. The molecule has 0 amide bonds. The zero-order valence-corrected chi connectivity index (χ0v) is 14.4.